The van der Waals surface area contributed by atoms with E-state index in [1.807, 2.05) is 0 Å². The van der Waals surface area contributed by atoms with Crippen LogP contribution in [0, 0.1) is 5.82 Å². The van der Waals surface area contributed by atoms with Gasteiger partial charge in [-0.15, -0.1) is 13.2 Å². The zero-order valence-electron chi connectivity index (χ0n) is 9.91. The Morgan fingerprint density at radius 2 is 1.95 bits per heavy atom. The second kappa shape index (κ2) is 6.18. The fourth-order valence-electron chi connectivity index (χ4n) is 1.47. The van der Waals surface area contributed by atoms with Crippen LogP contribution < -0.4 is 10.1 Å². The van der Waals surface area contributed by atoms with Gasteiger partial charge < -0.3 is 20.3 Å². The van der Waals surface area contributed by atoms with Gasteiger partial charge in [-0.25, -0.2) is 4.39 Å². The van der Waals surface area contributed by atoms with E-state index in [9.17, 15) is 27.8 Å². The first kappa shape index (κ1) is 15.7. The normalized spacial score (nSPS) is 15.1. The molecule has 0 radical (unpaired) electrons. The van der Waals surface area contributed by atoms with Crippen LogP contribution in [0.15, 0.2) is 18.2 Å². The molecule has 0 fully saturated rings. The molecule has 3 N–H and O–H groups in total. The highest BCUT2D eigenvalue weighted by Gasteiger charge is 2.32. The van der Waals surface area contributed by atoms with Crippen molar-refractivity contribution >= 4 is 0 Å². The number of hydrogen-bond donors (Lipinski definition) is 3. The fourth-order valence-corrected chi connectivity index (χ4v) is 1.47. The van der Waals surface area contributed by atoms with Gasteiger partial charge in [-0.1, -0.05) is 0 Å². The van der Waals surface area contributed by atoms with Crippen molar-refractivity contribution in [2.45, 2.75) is 18.6 Å². The van der Waals surface area contributed by atoms with Crippen molar-refractivity contribution in [2.24, 2.45) is 0 Å². The molecule has 0 aliphatic rings. The molecule has 1 aromatic carbocycles. The molecule has 2 unspecified atom stereocenters. The van der Waals surface area contributed by atoms with Crippen LogP contribution in [0.1, 0.15) is 11.7 Å². The van der Waals surface area contributed by atoms with Crippen molar-refractivity contribution < 1.29 is 32.5 Å². The first-order valence-corrected chi connectivity index (χ1v) is 5.30. The van der Waals surface area contributed by atoms with Crippen LogP contribution in [-0.2, 0) is 0 Å². The SMILES string of the molecule is CNCC(O)C(O)c1cc(OC(F)(F)F)ccc1F. The summed E-state index contributed by atoms with van der Waals surface area (Å²) < 4.78 is 53.1. The van der Waals surface area contributed by atoms with E-state index >= 15 is 0 Å². The Kier molecular flexibility index (Phi) is 5.10. The predicted octanol–water partition coefficient (Wildman–Crippen LogP) is 1.34. The van der Waals surface area contributed by atoms with E-state index in [1.54, 1.807) is 0 Å². The van der Waals surface area contributed by atoms with Gasteiger partial charge in [-0.2, -0.15) is 0 Å². The predicted molar refractivity (Wildman–Crippen MR) is 58.0 cm³/mol. The Balaban J connectivity index is 2.96. The minimum absolute atomic E-state index is 0.0506. The summed E-state index contributed by atoms with van der Waals surface area (Å²) in [6, 6.07) is 2.21. The lowest BCUT2D eigenvalue weighted by atomic mass is 10.0. The summed E-state index contributed by atoms with van der Waals surface area (Å²) in [5, 5.41) is 21.7. The van der Waals surface area contributed by atoms with E-state index < -0.39 is 35.7 Å². The van der Waals surface area contributed by atoms with E-state index in [4.69, 9.17) is 0 Å². The fraction of sp³-hybridized carbons (Fsp3) is 0.455. The van der Waals surface area contributed by atoms with Gasteiger partial charge in [0.2, 0.25) is 0 Å². The summed E-state index contributed by atoms with van der Waals surface area (Å²) >= 11 is 0. The number of aliphatic hydroxyl groups excluding tert-OH is 2. The molecule has 0 spiro atoms. The molecule has 1 rings (SSSR count). The number of hydrogen-bond acceptors (Lipinski definition) is 4. The maximum atomic E-state index is 13.4. The molecule has 0 aliphatic carbocycles. The van der Waals surface area contributed by atoms with Crippen LogP contribution in [-0.4, -0.2) is 36.3 Å². The molecule has 4 nitrogen and oxygen atoms in total. The molecule has 19 heavy (non-hydrogen) atoms. The Bertz CT molecular complexity index is 425. The largest absolute Gasteiger partial charge is 0.573 e. The highest BCUT2D eigenvalue weighted by Crippen LogP contribution is 2.28. The summed E-state index contributed by atoms with van der Waals surface area (Å²) in [5.74, 6) is -1.60. The van der Waals surface area contributed by atoms with Gasteiger partial charge in [0.05, 0.1) is 6.10 Å². The highest BCUT2D eigenvalue weighted by molar-refractivity contribution is 5.32. The molecule has 2 atom stereocenters. The second-order valence-corrected chi connectivity index (χ2v) is 3.80. The Hall–Kier alpha value is -1.38. The van der Waals surface area contributed by atoms with E-state index in [0.717, 1.165) is 12.1 Å². The average molecular weight is 283 g/mol. The number of aliphatic hydroxyl groups is 2. The van der Waals surface area contributed by atoms with Crippen molar-refractivity contribution in [1.29, 1.82) is 0 Å². The molecule has 0 amide bonds. The lowest BCUT2D eigenvalue weighted by Crippen LogP contribution is -2.30. The number of ether oxygens (including phenoxy) is 1. The minimum Gasteiger partial charge on any atom is -0.406 e. The molecule has 0 aliphatic heterocycles. The van der Waals surface area contributed by atoms with Crippen molar-refractivity contribution in [3.05, 3.63) is 29.6 Å². The van der Waals surface area contributed by atoms with Gasteiger partial charge in [-0.05, 0) is 25.2 Å². The number of alkyl halides is 3. The van der Waals surface area contributed by atoms with Gasteiger partial charge in [0.15, 0.2) is 0 Å². The van der Waals surface area contributed by atoms with E-state index in [0.29, 0.717) is 6.07 Å². The number of rotatable bonds is 5. The Morgan fingerprint density at radius 1 is 1.32 bits per heavy atom. The lowest BCUT2D eigenvalue weighted by Gasteiger charge is -2.19. The summed E-state index contributed by atoms with van der Waals surface area (Å²) in [4.78, 5) is 0. The molecule has 8 heteroatoms. The number of likely N-dealkylation sites (N-methyl/N-ethyl adjacent to an activating group) is 1. The van der Waals surface area contributed by atoms with Crippen LogP contribution in [0.4, 0.5) is 17.6 Å². The maximum absolute atomic E-state index is 13.4. The van der Waals surface area contributed by atoms with Gasteiger partial charge in [0.1, 0.15) is 17.7 Å². The van der Waals surface area contributed by atoms with Gasteiger partial charge in [-0.3, -0.25) is 0 Å². The highest BCUT2D eigenvalue weighted by atomic mass is 19.4. The van der Waals surface area contributed by atoms with Crippen LogP contribution >= 0.6 is 0 Å². The molecule has 1 aromatic rings. The molecule has 0 bridgehead atoms. The van der Waals surface area contributed by atoms with Crippen molar-refractivity contribution in [2.75, 3.05) is 13.6 Å². The first-order chi connectivity index (χ1) is 8.74. The smallest absolute Gasteiger partial charge is 0.406 e. The molecule has 0 saturated heterocycles. The first-order valence-electron chi connectivity index (χ1n) is 5.30. The third kappa shape index (κ3) is 4.66. The summed E-state index contributed by atoms with van der Waals surface area (Å²) in [7, 11) is 1.50. The Labute approximate surface area is 106 Å². The number of nitrogens with one attached hydrogen (secondary N) is 1. The molecule has 108 valence electrons. The van der Waals surface area contributed by atoms with Crippen molar-refractivity contribution in [3.63, 3.8) is 0 Å². The van der Waals surface area contributed by atoms with E-state index in [2.05, 4.69) is 10.1 Å². The zero-order valence-corrected chi connectivity index (χ0v) is 9.91. The molecule has 0 heterocycles. The number of benzene rings is 1. The van der Waals surface area contributed by atoms with Gasteiger partial charge in [0, 0.05) is 12.1 Å². The minimum atomic E-state index is -4.91. The maximum Gasteiger partial charge on any atom is 0.573 e. The molecular weight excluding hydrogens is 270 g/mol. The van der Waals surface area contributed by atoms with Crippen LogP contribution in [0.3, 0.4) is 0 Å². The van der Waals surface area contributed by atoms with Crippen molar-refractivity contribution in [3.8, 4) is 5.75 Å². The van der Waals surface area contributed by atoms with Crippen molar-refractivity contribution in [1.82, 2.24) is 5.32 Å². The third-order valence-corrected chi connectivity index (χ3v) is 2.30. The average Bonchev–Trinajstić information content (AvgIpc) is 2.29. The lowest BCUT2D eigenvalue weighted by molar-refractivity contribution is -0.274. The summed E-state index contributed by atoms with van der Waals surface area (Å²) in [6.07, 6.45) is -7.94. The Morgan fingerprint density at radius 3 is 2.47 bits per heavy atom. The van der Waals surface area contributed by atoms with Crippen LogP contribution in [0.25, 0.3) is 0 Å². The molecule has 0 saturated carbocycles. The van der Waals surface area contributed by atoms with Gasteiger partial charge >= 0.3 is 6.36 Å². The summed E-state index contributed by atoms with van der Waals surface area (Å²) in [5.41, 5.74) is -0.468. The van der Waals surface area contributed by atoms with Crippen LogP contribution in [0.5, 0.6) is 5.75 Å². The molecular formula is C11H13F4NO3. The molecule has 0 aromatic heterocycles. The van der Waals surface area contributed by atoms with E-state index in [1.165, 1.54) is 7.05 Å². The van der Waals surface area contributed by atoms with E-state index in [-0.39, 0.29) is 6.54 Å². The number of halogens is 4. The second-order valence-electron chi connectivity index (χ2n) is 3.80. The monoisotopic (exact) mass is 283 g/mol. The summed E-state index contributed by atoms with van der Waals surface area (Å²) in [6.45, 7) is -0.0506. The topological polar surface area (TPSA) is 61.7 Å². The third-order valence-electron chi connectivity index (χ3n) is 2.30. The van der Waals surface area contributed by atoms with Crippen LogP contribution in [0.2, 0.25) is 0 Å². The zero-order chi connectivity index (χ0) is 14.6. The standard InChI is InChI=1S/C11H13F4NO3/c1-16-5-9(17)10(18)7-4-6(2-3-8(7)12)19-11(13,14)15/h2-4,9-10,16-18H,5H2,1H3. The van der Waals surface area contributed by atoms with Gasteiger partial charge in [0.25, 0.3) is 0 Å². The quantitative estimate of drug-likeness (QED) is 0.714.